The quantitative estimate of drug-likeness (QED) is 0.469. The molecule has 6 heteroatoms. The largest absolute Gasteiger partial charge is 0.503 e. The molecule has 1 atom stereocenters. The Morgan fingerprint density at radius 1 is 1.20 bits per heavy atom. The van der Waals surface area contributed by atoms with Crippen LogP contribution in [0.4, 0.5) is 0 Å². The van der Waals surface area contributed by atoms with Crippen molar-refractivity contribution in [2.24, 2.45) is 0 Å². The fourth-order valence-corrected chi connectivity index (χ4v) is 4.86. The van der Waals surface area contributed by atoms with E-state index in [0.717, 1.165) is 25.7 Å². The summed E-state index contributed by atoms with van der Waals surface area (Å²) in [7, 11) is 2.20. The third-order valence-electron chi connectivity index (χ3n) is 3.56. The maximum Gasteiger partial charge on any atom is 0.503 e. The molecule has 1 N–H and O–H groups in total. The number of carboxylic acid groups (broad SMARTS) is 1. The van der Waals surface area contributed by atoms with Crippen LogP contribution < -0.4 is 0 Å². The molecule has 0 saturated carbocycles. The van der Waals surface area contributed by atoms with Gasteiger partial charge in [-0.15, -0.1) is 0 Å². The van der Waals surface area contributed by atoms with Crippen LogP contribution in [0, 0.1) is 0 Å². The molecule has 0 heterocycles. The average Bonchev–Trinajstić information content (AvgIpc) is 2.45. The summed E-state index contributed by atoms with van der Waals surface area (Å²) in [6.45, 7) is 3.75. The van der Waals surface area contributed by atoms with Gasteiger partial charge in [0.1, 0.15) is 0 Å². The van der Waals surface area contributed by atoms with E-state index >= 15 is 0 Å². The van der Waals surface area contributed by atoms with Crippen molar-refractivity contribution < 1.29 is 23.2 Å². The van der Waals surface area contributed by atoms with E-state index in [2.05, 4.69) is 6.92 Å². The van der Waals surface area contributed by atoms with E-state index in [-0.39, 0.29) is 5.54 Å². The van der Waals surface area contributed by atoms with Gasteiger partial charge < -0.3 is 18.4 Å². The van der Waals surface area contributed by atoms with Gasteiger partial charge in [0.25, 0.3) is 0 Å². The molecule has 5 nitrogen and oxygen atoms in total. The lowest BCUT2D eigenvalue weighted by Crippen LogP contribution is -2.47. The maximum atomic E-state index is 10.8. The normalized spacial score (nSPS) is 14.3. The van der Waals surface area contributed by atoms with E-state index in [1.165, 1.54) is 0 Å². The molecule has 118 valence electrons. The highest BCUT2D eigenvalue weighted by molar-refractivity contribution is 6.62. The van der Waals surface area contributed by atoms with Crippen LogP contribution in [-0.4, -0.2) is 41.2 Å². The van der Waals surface area contributed by atoms with E-state index in [1.807, 2.05) is 0 Å². The van der Waals surface area contributed by atoms with Crippen LogP contribution in [-0.2, 0) is 18.1 Å². The molecule has 0 rings (SSSR count). The number of aliphatic carboxylic acids is 1. The molecule has 0 bridgehead atoms. The first kappa shape index (κ1) is 19.3. The predicted molar refractivity (Wildman–Crippen MR) is 80.7 cm³/mol. The molecule has 0 radical (unpaired) electrons. The molecule has 0 spiro atoms. The molecule has 0 aliphatic rings. The van der Waals surface area contributed by atoms with Crippen molar-refractivity contribution in [3.63, 3.8) is 0 Å². The zero-order valence-electron chi connectivity index (χ0n) is 13.3. The summed E-state index contributed by atoms with van der Waals surface area (Å²) < 4.78 is 16.7. The lowest BCUT2D eigenvalue weighted by Gasteiger charge is -2.32. The highest BCUT2D eigenvalue weighted by Gasteiger charge is 2.46. The average molecular weight is 304 g/mol. The van der Waals surface area contributed by atoms with Crippen LogP contribution in [0.25, 0.3) is 0 Å². The van der Waals surface area contributed by atoms with Crippen molar-refractivity contribution in [3.8, 4) is 0 Å². The van der Waals surface area contributed by atoms with Crippen LogP contribution >= 0.6 is 0 Å². The van der Waals surface area contributed by atoms with Crippen molar-refractivity contribution >= 4 is 14.8 Å². The summed E-state index contributed by atoms with van der Waals surface area (Å²) in [5.74, 6) is -0.871. The summed E-state index contributed by atoms with van der Waals surface area (Å²) in [6.07, 6.45) is 6.41. The van der Waals surface area contributed by atoms with Gasteiger partial charge in [-0.2, -0.15) is 0 Å². The fraction of sp³-hybridized carbons (Fsp3) is 0.786. The number of carbonyl (C=O) groups is 1. The molecule has 0 saturated heterocycles. The molecule has 0 aromatic heterocycles. The van der Waals surface area contributed by atoms with E-state index in [9.17, 15) is 4.79 Å². The minimum absolute atomic E-state index is 0.195. The van der Waals surface area contributed by atoms with Gasteiger partial charge >= 0.3 is 14.8 Å². The van der Waals surface area contributed by atoms with Gasteiger partial charge in [0.15, 0.2) is 0 Å². The zero-order valence-corrected chi connectivity index (χ0v) is 14.3. The van der Waals surface area contributed by atoms with Crippen LogP contribution in [0.15, 0.2) is 11.6 Å². The van der Waals surface area contributed by atoms with Crippen LogP contribution in [0.5, 0.6) is 0 Å². The molecule has 0 amide bonds. The molecule has 0 aliphatic heterocycles. The van der Waals surface area contributed by atoms with Crippen LogP contribution in [0.1, 0.15) is 46.0 Å². The van der Waals surface area contributed by atoms with Crippen LogP contribution in [0.2, 0.25) is 5.54 Å². The van der Waals surface area contributed by atoms with Crippen molar-refractivity contribution in [3.05, 3.63) is 11.6 Å². The number of carboxylic acids is 1. The maximum absolute atomic E-state index is 10.8. The lowest BCUT2D eigenvalue weighted by molar-refractivity contribution is -0.132. The molecule has 1 unspecified atom stereocenters. The van der Waals surface area contributed by atoms with Gasteiger partial charge in [-0.1, -0.05) is 25.8 Å². The summed E-state index contributed by atoms with van der Waals surface area (Å²) in [5, 5.41) is 8.85. The van der Waals surface area contributed by atoms with Crippen molar-refractivity contribution in [1.29, 1.82) is 0 Å². The Bertz CT molecular complexity index is 304. The first-order valence-electron chi connectivity index (χ1n) is 7.02. The molecule has 0 fully saturated rings. The van der Waals surface area contributed by atoms with Gasteiger partial charge in [-0.3, -0.25) is 0 Å². The second-order valence-corrected chi connectivity index (χ2v) is 8.07. The Morgan fingerprint density at radius 3 is 2.15 bits per heavy atom. The minimum atomic E-state index is -2.66. The number of hydrogen-bond donors (Lipinski definition) is 1. The first-order valence-corrected chi connectivity index (χ1v) is 8.83. The number of rotatable bonds is 11. The molecule has 0 aromatic rings. The number of unbranched alkanes of at least 4 members (excludes halogenated alkanes) is 1. The Kier molecular flexibility index (Phi) is 9.74. The van der Waals surface area contributed by atoms with Crippen molar-refractivity contribution in [2.75, 3.05) is 21.3 Å². The van der Waals surface area contributed by atoms with Gasteiger partial charge in [0.05, 0.1) is 0 Å². The molecular formula is C14H28O5Si. The van der Waals surface area contributed by atoms with E-state index in [1.54, 1.807) is 34.3 Å². The Labute approximate surface area is 123 Å². The third-order valence-corrected chi connectivity index (χ3v) is 6.85. The first-order chi connectivity index (χ1) is 9.47. The van der Waals surface area contributed by atoms with Gasteiger partial charge in [-0.25, -0.2) is 4.79 Å². The topological polar surface area (TPSA) is 65.0 Å². The van der Waals surface area contributed by atoms with Crippen molar-refractivity contribution in [1.82, 2.24) is 0 Å². The van der Waals surface area contributed by atoms with E-state index < -0.39 is 14.8 Å². The number of allylic oxidation sites excluding steroid dienone is 1. The van der Waals surface area contributed by atoms with Crippen LogP contribution in [0.3, 0.4) is 0 Å². The molecule has 0 aliphatic carbocycles. The van der Waals surface area contributed by atoms with E-state index in [0.29, 0.717) is 12.0 Å². The minimum Gasteiger partial charge on any atom is -0.478 e. The summed E-state index contributed by atoms with van der Waals surface area (Å²) in [5.41, 5.74) is 0.569. The number of hydrogen-bond acceptors (Lipinski definition) is 4. The third kappa shape index (κ3) is 5.74. The Hall–Kier alpha value is -0.693. The van der Waals surface area contributed by atoms with E-state index in [4.69, 9.17) is 18.4 Å². The summed E-state index contributed by atoms with van der Waals surface area (Å²) in [6, 6.07) is 0. The highest BCUT2D eigenvalue weighted by Crippen LogP contribution is 2.33. The molecule has 0 aromatic carbocycles. The monoisotopic (exact) mass is 304 g/mol. The summed E-state index contributed by atoms with van der Waals surface area (Å²) in [4.78, 5) is 10.8. The second-order valence-electron chi connectivity index (χ2n) is 4.82. The smallest absolute Gasteiger partial charge is 0.478 e. The Morgan fingerprint density at radius 2 is 1.75 bits per heavy atom. The second kappa shape index (κ2) is 10.1. The van der Waals surface area contributed by atoms with Gasteiger partial charge in [0, 0.05) is 32.4 Å². The van der Waals surface area contributed by atoms with Gasteiger partial charge in [0.2, 0.25) is 0 Å². The van der Waals surface area contributed by atoms with Gasteiger partial charge in [-0.05, 0) is 26.2 Å². The standard InChI is InChI=1S/C14H28O5Si/c1-6-7-10-13(20(17-3,18-4)19-5)11-8-9-12(2)14(15)16/h9,13H,6-8,10-11H2,1-5H3,(H,15,16). The predicted octanol–water partition coefficient (Wildman–Crippen LogP) is 3.24. The fourth-order valence-electron chi connectivity index (χ4n) is 2.29. The summed E-state index contributed by atoms with van der Waals surface area (Å²) >= 11 is 0. The Balaban J connectivity index is 4.79. The molecular weight excluding hydrogens is 276 g/mol. The molecule has 20 heavy (non-hydrogen) atoms. The van der Waals surface area contributed by atoms with Crippen molar-refractivity contribution in [2.45, 2.75) is 51.5 Å². The zero-order chi connectivity index (χ0) is 15.6. The highest BCUT2D eigenvalue weighted by atomic mass is 28.4. The SMILES string of the molecule is CCCCC(CCC=C(C)C(=O)O)[Si](OC)(OC)OC. The lowest BCUT2D eigenvalue weighted by atomic mass is 10.1.